The topological polar surface area (TPSA) is 89.3 Å². The molecule has 1 amide bonds. The van der Waals surface area contributed by atoms with Gasteiger partial charge in [-0.25, -0.2) is 8.42 Å². The second-order valence-corrected chi connectivity index (χ2v) is 5.12. The molecule has 3 N–H and O–H groups in total. The molecule has 1 saturated carbocycles. The maximum atomic E-state index is 11.2. The van der Waals surface area contributed by atoms with E-state index in [1.54, 1.807) is 0 Å². The van der Waals surface area contributed by atoms with Crippen LogP contribution in [0, 0.1) is 0 Å². The second-order valence-electron chi connectivity index (χ2n) is 3.16. The van der Waals surface area contributed by atoms with Crippen LogP contribution in [-0.4, -0.2) is 26.1 Å². The van der Waals surface area contributed by atoms with E-state index < -0.39 is 15.9 Å². The SMILES string of the molecule is NCCCC(=O)NS(=O)(=O)C1CC1. The largest absolute Gasteiger partial charge is 0.330 e. The van der Waals surface area contributed by atoms with E-state index in [2.05, 4.69) is 0 Å². The van der Waals surface area contributed by atoms with Gasteiger partial charge in [-0.3, -0.25) is 9.52 Å². The van der Waals surface area contributed by atoms with Gasteiger partial charge in [0.05, 0.1) is 5.25 Å². The van der Waals surface area contributed by atoms with Crippen molar-refractivity contribution in [3.05, 3.63) is 0 Å². The molecule has 0 spiro atoms. The minimum Gasteiger partial charge on any atom is -0.330 e. The van der Waals surface area contributed by atoms with E-state index in [0.29, 0.717) is 25.8 Å². The van der Waals surface area contributed by atoms with Crippen LogP contribution in [0.3, 0.4) is 0 Å². The first-order chi connectivity index (χ1) is 6.06. The molecule has 13 heavy (non-hydrogen) atoms. The Morgan fingerprint density at radius 1 is 1.46 bits per heavy atom. The lowest BCUT2D eigenvalue weighted by Gasteiger charge is -2.04. The van der Waals surface area contributed by atoms with Gasteiger partial charge in [0, 0.05) is 6.42 Å². The van der Waals surface area contributed by atoms with Gasteiger partial charge in [-0.15, -0.1) is 0 Å². The van der Waals surface area contributed by atoms with Crippen molar-refractivity contribution >= 4 is 15.9 Å². The molecule has 0 unspecified atom stereocenters. The molecular weight excluding hydrogens is 192 g/mol. The lowest BCUT2D eigenvalue weighted by Crippen LogP contribution is -2.33. The smallest absolute Gasteiger partial charge is 0.237 e. The number of hydrogen-bond acceptors (Lipinski definition) is 4. The predicted molar refractivity (Wildman–Crippen MR) is 48.4 cm³/mol. The van der Waals surface area contributed by atoms with Gasteiger partial charge >= 0.3 is 0 Å². The highest BCUT2D eigenvalue weighted by molar-refractivity contribution is 7.90. The average molecular weight is 206 g/mol. The first-order valence-electron chi connectivity index (χ1n) is 4.31. The third-order valence-electron chi connectivity index (χ3n) is 1.83. The molecule has 0 aliphatic heterocycles. The van der Waals surface area contributed by atoms with Crippen molar-refractivity contribution in [3.63, 3.8) is 0 Å². The summed E-state index contributed by atoms with van der Waals surface area (Å²) in [5.41, 5.74) is 5.18. The Balaban J connectivity index is 2.34. The quantitative estimate of drug-likeness (QED) is 0.624. The number of rotatable bonds is 5. The van der Waals surface area contributed by atoms with E-state index in [1.165, 1.54) is 0 Å². The summed E-state index contributed by atoms with van der Waals surface area (Å²) in [4.78, 5) is 11.0. The molecule has 1 rings (SSSR count). The Morgan fingerprint density at radius 2 is 2.08 bits per heavy atom. The van der Waals surface area contributed by atoms with Crippen molar-refractivity contribution < 1.29 is 13.2 Å². The number of carbonyl (C=O) groups is 1. The summed E-state index contributed by atoms with van der Waals surface area (Å²) < 4.78 is 24.4. The Labute approximate surface area is 77.7 Å². The number of nitrogens with two attached hydrogens (primary N) is 1. The van der Waals surface area contributed by atoms with Crippen LogP contribution in [0.2, 0.25) is 0 Å². The van der Waals surface area contributed by atoms with Crippen molar-refractivity contribution in [1.29, 1.82) is 0 Å². The number of hydrogen-bond donors (Lipinski definition) is 2. The van der Waals surface area contributed by atoms with Crippen LogP contribution in [0.5, 0.6) is 0 Å². The Morgan fingerprint density at radius 3 is 2.54 bits per heavy atom. The molecule has 0 heterocycles. The lowest BCUT2D eigenvalue weighted by atomic mass is 10.3. The number of carbonyl (C=O) groups excluding carboxylic acids is 1. The van der Waals surface area contributed by atoms with Gasteiger partial charge in [0.15, 0.2) is 0 Å². The van der Waals surface area contributed by atoms with Crippen LogP contribution < -0.4 is 10.5 Å². The fraction of sp³-hybridized carbons (Fsp3) is 0.857. The lowest BCUT2D eigenvalue weighted by molar-refractivity contribution is -0.119. The molecule has 0 aromatic heterocycles. The standard InChI is InChI=1S/C7H14N2O3S/c8-5-1-2-7(10)9-13(11,12)6-3-4-6/h6H,1-5,8H2,(H,9,10). The van der Waals surface area contributed by atoms with Gasteiger partial charge in [-0.2, -0.15) is 0 Å². The van der Waals surface area contributed by atoms with E-state index in [0.717, 1.165) is 0 Å². The first kappa shape index (κ1) is 10.5. The molecule has 0 bridgehead atoms. The Hall–Kier alpha value is -0.620. The van der Waals surface area contributed by atoms with E-state index in [1.807, 2.05) is 4.72 Å². The monoisotopic (exact) mass is 206 g/mol. The summed E-state index contributed by atoms with van der Waals surface area (Å²) >= 11 is 0. The molecule has 6 heteroatoms. The third-order valence-corrected chi connectivity index (χ3v) is 3.69. The van der Waals surface area contributed by atoms with Crippen molar-refractivity contribution in [1.82, 2.24) is 4.72 Å². The zero-order valence-electron chi connectivity index (χ0n) is 7.32. The van der Waals surface area contributed by atoms with Crippen molar-refractivity contribution in [2.75, 3.05) is 6.54 Å². The van der Waals surface area contributed by atoms with E-state index >= 15 is 0 Å². The fourth-order valence-corrected chi connectivity index (χ4v) is 2.28. The Kier molecular flexibility index (Phi) is 3.27. The molecule has 0 aromatic carbocycles. The third kappa shape index (κ3) is 3.31. The fourth-order valence-electron chi connectivity index (χ4n) is 0.934. The predicted octanol–water partition coefficient (Wildman–Crippen LogP) is -0.666. The highest BCUT2D eigenvalue weighted by atomic mass is 32.2. The van der Waals surface area contributed by atoms with E-state index in [9.17, 15) is 13.2 Å². The van der Waals surface area contributed by atoms with Crippen molar-refractivity contribution in [2.45, 2.75) is 30.9 Å². The summed E-state index contributed by atoms with van der Waals surface area (Å²) in [6.07, 6.45) is 2.04. The van der Waals surface area contributed by atoms with Crippen LogP contribution in [0.1, 0.15) is 25.7 Å². The van der Waals surface area contributed by atoms with Crippen molar-refractivity contribution in [2.24, 2.45) is 5.73 Å². The van der Waals surface area contributed by atoms with Gasteiger partial charge in [-0.05, 0) is 25.8 Å². The van der Waals surface area contributed by atoms with Crippen molar-refractivity contribution in [3.8, 4) is 0 Å². The van der Waals surface area contributed by atoms with Gasteiger partial charge in [0.25, 0.3) is 0 Å². The molecule has 1 aliphatic carbocycles. The van der Waals surface area contributed by atoms with E-state index in [-0.39, 0.29) is 11.7 Å². The minimum atomic E-state index is -3.36. The number of amides is 1. The summed E-state index contributed by atoms with van der Waals surface area (Å²) in [6.45, 7) is 0.400. The number of sulfonamides is 1. The van der Waals surface area contributed by atoms with Gasteiger partial charge in [0.1, 0.15) is 0 Å². The molecular formula is C7H14N2O3S. The summed E-state index contributed by atoms with van der Waals surface area (Å²) in [6, 6.07) is 0. The zero-order chi connectivity index (χ0) is 9.90. The summed E-state index contributed by atoms with van der Waals surface area (Å²) in [7, 11) is -3.36. The molecule has 0 atom stereocenters. The van der Waals surface area contributed by atoms with Crippen LogP contribution in [-0.2, 0) is 14.8 Å². The van der Waals surface area contributed by atoms with Gasteiger partial charge in [-0.1, -0.05) is 0 Å². The second kappa shape index (κ2) is 4.06. The maximum Gasteiger partial charge on any atom is 0.237 e. The van der Waals surface area contributed by atoms with Crippen LogP contribution in [0.25, 0.3) is 0 Å². The van der Waals surface area contributed by atoms with Crippen LogP contribution in [0.4, 0.5) is 0 Å². The molecule has 5 nitrogen and oxygen atoms in total. The maximum absolute atomic E-state index is 11.2. The highest BCUT2D eigenvalue weighted by Crippen LogP contribution is 2.27. The van der Waals surface area contributed by atoms with Gasteiger partial charge < -0.3 is 5.73 Å². The molecule has 1 aliphatic rings. The highest BCUT2D eigenvalue weighted by Gasteiger charge is 2.36. The zero-order valence-corrected chi connectivity index (χ0v) is 8.14. The summed E-state index contributed by atoms with van der Waals surface area (Å²) in [5, 5.41) is -0.339. The van der Waals surface area contributed by atoms with Gasteiger partial charge in [0.2, 0.25) is 15.9 Å². The first-order valence-corrected chi connectivity index (χ1v) is 5.85. The molecule has 0 radical (unpaired) electrons. The normalized spacial score (nSPS) is 17.0. The minimum absolute atomic E-state index is 0.183. The van der Waals surface area contributed by atoms with Crippen LogP contribution >= 0.6 is 0 Å². The molecule has 0 saturated heterocycles. The molecule has 76 valence electrons. The Bertz CT molecular complexity index is 282. The molecule has 0 aromatic rings. The summed E-state index contributed by atoms with van der Waals surface area (Å²) in [5.74, 6) is -0.447. The van der Waals surface area contributed by atoms with E-state index in [4.69, 9.17) is 5.73 Å². The molecule has 1 fully saturated rings. The average Bonchev–Trinajstić information content (AvgIpc) is 2.81. The van der Waals surface area contributed by atoms with Crippen LogP contribution in [0.15, 0.2) is 0 Å². The number of nitrogens with one attached hydrogen (secondary N) is 1.